The third-order valence-corrected chi connectivity index (χ3v) is 10.1. The van der Waals surface area contributed by atoms with E-state index in [-0.39, 0.29) is 42.4 Å². The number of fused-ring (bicyclic) bond motifs is 2. The molecule has 0 aromatic heterocycles. The molecule has 2 fully saturated rings. The molecule has 44 heavy (non-hydrogen) atoms. The molecular formula is C38H50O6. The largest absolute Gasteiger partial charge is 0.506 e. The molecular weight excluding hydrogens is 552 g/mol. The van der Waals surface area contributed by atoms with Gasteiger partial charge in [-0.2, -0.15) is 0 Å². The maximum absolute atomic E-state index is 15.2. The fourth-order valence-corrected chi connectivity index (χ4v) is 7.19. The average molecular weight is 603 g/mol. The van der Waals surface area contributed by atoms with Crippen molar-refractivity contribution in [3.63, 3.8) is 0 Å². The average Bonchev–Trinajstić information content (AvgIpc) is 2.91. The topological polar surface area (TPSA) is 112 Å². The number of aliphatic hydroxyl groups excluding tert-OH is 1. The van der Waals surface area contributed by atoms with Crippen molar-refractivity contribution in [3.05, 3.63) is 76.9 Å². The highest BCUT2D eigenvalue weighted by Gasteiger charge is 2.74. The molecule has 0 amide bonds. The smallest absolute Gasteiger partial charge is 0.184 e. The highest BCUT2D eigenvalue weighted by Crippen LogP contribution is 2.66. The van der Waals surface area contributed by atoms with E-state index in [4.69, 9.17) is 0 Å². The monoisotopic (exact) mass is 602 g/mol. The van der Waals surface area contributed by atoms with Gasteiger partial charge in [-0.05, 0) is 116 Å². The second-order valence-corrected chi connectivity index (χ2v) is 14.3. The first-order valence-electron chi connectivity index (χ1n) is 15.5. The fourth-order valence-electron chi connectivity index (χ4n) is 7.19. The molecule has 3 N–H and O–H groups in total. The SMILES string of the molecule is C=C(C)CC[C@H](C[C@@]12C[C@@H](CC=C(C)C)C(C)(C)[C@@](CC=C(C)C)(C(=O)/C(=C(/O)c3ccc(O)c(O)c3)C1=O)C2=O)C(=C)C. The van der Waals surface area contributed by atoms with E-state index in [0.29, 0.717) is 19.3 Å². The Balaban J connectivity index is 2.45. The van der Waals surface area contributed by atoms with E-state index in [9.17, 15) is 24.9 Å². The Morgan fingerprint density at radius 3 is 2.09 bits per heavy atom. The number of benzene rings is 1. The van der Waals surface area contributed by atoms with E-state index < -0.39 is 50.6 Å². The number of aliphatic hydroxyl groups is 1. The van der Waals surface area contributed by atoms with Crippen LogP contribution >= 0.6 is 0 Å². The molecule has 2 aliphatic carbocycles. The van der Waals surface area contributed by atoms with Crippen LogP contribution in [0.25, 0.3) is 5.76 Å². The van der Waals surface area contributed by atoms with Crippen molar-refractivity contribution in [2.45, 2.75) is 93.9 Å². The van der Waals surface area contributed by atoms with E-state index in [1.54, 1.807) is 0 Å². The number of ketones is 3. The lowest BCUT2D eigenvalue weighted by Crippen LogP contribution is -2.69. The zero-order valence-electron chi connectivity index (χ0n) is 27.8. The van der Waals surface area contributed by atoms with Crippen LogP contribution in [0.1, 0.15) is 99.5 Å². The second-order valence-electron chi connectivity index (χ2n) is 14.3. The van der Waals surface area contributed by atoms with Gasteiger partial charge >= 0.3 is 0 Å². The van der Waals surface area contributed by atoms with Gasteiger partial charge in [0.1, 0.15) is 16.7 Å². The number of aromatic hydroxyl groups is 2. The summed E-state index contributed by atoms with van der Waals surface area (Å²) in [7, 11) is 0. The summed E-state index contributed by atoms with van der Waals surface area (Å²) in [5.74, 6) is -3.61. The van der Waals surface area contributed by atoms with Gasteiger partial charge in [-0.3, -0.25) is 14.4 Å². The summed E-state index contributed by atoms with van der Waals surface area (Å²) in [6.07, 6.45) is 6.46. The molecule has 3 rings (SSSR count). The van der Waals surface area contributed by atoms with Crippen LogP contribution in [0, 0.1) is 28.1 Å². The predicted octanol–water partition coefficient (Wildman–Crippen LogP) is 8.76. The standard InChI is InChI=1S/C38H50O6/c1-22(2)11-13-27(25(7)8)20-37-21-28(15-12-23(3)4)36(9,10)38(35(37)44,18-17-24(5)6)34(43)31(33(37)42)32(41)26-14-16-29(39)30(40)19-26/h12,14,16-17,19,27-28,39-41H,1,7,11,13,15,18,20-21H2,2-6,8-10H3/b32-31+/t27-,28-,37-,38+/m1/s1. The molecule has 0 radical (unpaired) electrons. The van der Waals surface area contributed by atoms with Crippen LogP contribution in [0.15, 0.2) is 71.4 Å². The van der Waals surface area contributed by atoms with Crippen LogP contribution in [0.5, 0.6) is 11.5 Å². The van der Waals surface area contributed by atoms with Gasteiger partial charge in [0, 0.05) is 5.56 Å². The van der Waals surface area contributed by atoms with Crippen LogP contribution in [0.2, 0.25) is 0 Å². The van der Waals surface area contributed by atoms with Gasteiger partial charge in [0.05, 0.1) is 5.41 Å². The summed E-state index contributed by atoms with van der Waals surface area (Å²) in [5, 5.41) is 31.7. The lowest BCUT2D eigenvalue weighted by molar-refractivity contribution is -0.177. The molecule has 2 saturated carbocycles. The number of Topliss-reactive ketones (excluding diaryl/α,β-unsaturated/α-hetero) is 3. The van der Waals surface area contributed by atoms with Crippen molar-refractivity contribution in [1.29, 1.82) is 0 Å². The Morgan fingerprint density at radius 1 is 0.955 bits per heavy atom. The Hall–Kier alpha value is -3.67. The predicted molar refractivity (Wildman–Crippen MR) is 176 cm³/mol. The van der Waals surface area contributed by atoms with E-state index >= 15 is 4.79 Å². The molecule has 0 aliphatic heterocycles. The number of phenols is 2. The minimum Gasteiger partial charge on any atom is -0.506 e. The maximum atomic E-state index is 15.2. The lowest BCUT2D eigenvalue weighted by Gasteiger charge is -2.60. The summed E-state index contributed by atoms with van der Waals surface area (Å²) in [6, 6.07) is 3.64. The lowest BCUT2D eigenvalue weighted by atomic mass is 9.38. The number of carbonyl (C=O) groups excluding carboxylic acids is 3. The molecule has 0 spiro atoms. The molecule has 1 aromatic carbocycles. The normalized spacial score (nSPS) is 26.1. The zero-order valence-corrected chi connectivity index (χ0v) is 27.8. The van der Waals surface area contributed by atoms with Crippen LogP contribution in [0.3, 0.4) is 0 Å². The highest BCUT2D eigenvalue weighted by atomic mass is 16.3. The van der Waals surface area contributed by atoms with Gasteiger partial charge in [0.25, 0.3) is 0 Å². The molecule has 0 heterocycles. The van der Waals surface area contributed by atoms with E-state index in [1.807, 2.05) is 61.5 Å². The van der Waals surface area contributed by atoms with Gasteiger partial charge in [0.15, 0.2) is 28.8 Å². The van der Waals surface area contributed by atoms with Crippen molar-refractivity contribution in [2.24, 2.45) is 28.1 Å². The molecule has 0 unspecified atom stereocenters. The van der Waals surface area contributed by atoms with Crippen LogP contribution in [-0.4, -0.2) is 32.7 Å². The Bertz CT molecular complexity index is 1480. The van der Waals surface area contributed by atoms with E-state index in [1.165, 1.54) is 12.1 Å². The number of carbonyl (C=O) groups is 3. The minimum atomic E-state index is -1.62. The molecule has 1 aromatic rings. The van der Waals surface area contributed by atoms with E-state index in [2.05, 4.69) is 19.2 Å². The summed E-state index contributed by atoms with van der Waals surface area (Å²) in [4.78, 5) is 44.9. The number of phenolic OH excluding ortho intramolecular Hbond substituents is 2. The van der Waals surface area contributed by atoms with Crippen molar-refractivity contribution < 1.29 is 29.7 Å². The molecule has 6 nitrogen and oxygen atoms in total. The van der Waals surface area contributed by atoms with Gasteiger partial charge < -0.3 is 15.3 Å². The third kappa shape index (κ3) is 6.00. The highest BCUT2D eigenvalue weighted by molar-refractivity contribution is 6.41. The maximum Gasteiger partial charge on any atom is 0.184 e. The molecule has 0 saturated heterocycles. The van der Waals surface area contributed by atoms with Crippen molar-refractivity contribution in [2.75, 3.05) is 0 Å². The van der Waals surface area contributed by atoms with Gasteiger partial charge in [-0.15, -0.1) is 6.58 Å². The fraction of sp³-hybridized carbons (Fsp3) is 0.500. The zero-order chi connectivity index (χ0) is 33.4. The Morgan fingerprint density at radius 2 is 1.57 bits per heavy atom. The van der Waals surface area contributed by atoms with Gasteiger partial charge in [-0.25, -0.2) is 0 Å². The summed E-state index contributed by atoms with van der Waals surface area (Å²) >= 11 is 0. The summed E-state index contributed by atoms with van der Waals surface area (Å²) < 4.78 is 0. The van der Waals surface area contributed by atoms with Crippen LogP contribution in [-0.2, 0) is 14.4 Å². The van der Waals surface area contributed by atoms with Crippen molar-refractivity contribution in [3.8, 4) is 11.5 Å². The van der Waals surface area contributed by atoms with E-state index in [0.717, 1.165) is 28.4 Å². The van der Waals surface area contributed by atoms with Gasteiger partial charge in [-0.1, -0.05) is 54.9 Å². The van der Waals surface area contributed by atoms with Crippen LogP contribution in [0.4, 0.5) is 0 Å². The van der Waals surface area contributed by atoms with Gasteiger partial charge in [0.2, 0.25) is 0 Å². The quantitative estimate of drug-likeness (QED) is 0.0583. The first kappa shape index (κ1) is 34.8. The van der Waals surface area contributed by atoms with Crippen LogP contribution < -0.4 is 0 Å². The molecule has 6 heteroatoms. The molecule has 4 atom stereocenters. The molecule has 2 aliphatic rings. The summed E-state index contributed by atoms with van der Waals surface area (Å²) in [5.41, 5.74) is -0.587. The second kappa shape index (κ2) is 12.7. The first-order valence-corrected chi connectivity index (χ1v) is 15.5. The first-order chi connectivity index (χ1) is 20.3. The number of hydrogen-bond acceptors (Lipinski definition) is 6. The molecule has 2 bridgehead atoms. The number of hydrogen-bond donors (Lipinski definition) is 3. The third-order valence-electron chi connectivity index (χ3n) is 10.1. The Labute approximate surface area is 263 Å². The molecule has 238 valence electrons. The Kier molecular flexibility index (Phi) is 10.1. The van der Waals surface area contributed by atoms with Crippen molar-refractivity contribution in [1.82, 2.24) is 0 Å². The van der Waals surface area contributed by atoms with Crippen molar-refractivity contribution >= 4 is 23.1 Å². The number of allylic oxidation sites excluding steroid dienone is 7. The number of rotatable bonds is 11. The summed E-state index contributed by atoms with van der Waals surface area (Å²) in [6.45, 7) is 23.8. The minimum absolute atomic E-state index is 0.00886.